The number of ketones is 1. The maximum absolute atomic E-state index is 12.9. The maximum atomic E-state index is 12.9. The number of carbonyl (C=O) groups excluding carboxylic acids is 1. The van der Waals surface area contributed by atoms with Crippen LogP contribution in [0.4, 0.5) is 5.69 Å². The number of carbonyl (C=O) groups is 1. The Hall–Kier alpha value is -2.57. The molecule has 0 aliphatic heterocycles. The van der Waals surface area contributed by atoms with E-state index < -0.39 is 12.0 Å². The van der Waals surface area contributed by atoms with E-state index >= 15 is 0 Å². The quantitative estimate of drug-likeness (QED) is 0.596. The van der Waals surface area contributed by atoms with Gasteiger partial charge in [-0.1, -0.05) is 32.1 Å². The zero-order valence-corrected chi connectivity index (χ0v) is 18.2. The van der Waals surface area contributed by atoms with Gasteiger partial charge in [0.2, 0.25) is 0 Å². The zero-order chi connectivity index (χ0) is 22.0. The zero-order valence-electron chi connectivity index (χ0n) is 18.2. The maximum Gasteiger partial charge on any atom is 0.172 e. The van der Waals surface area contributed by atoms with Crippen LogP contribution in [0.15, 0.2) is 53.3 Å². The molecule has 30 heavy (non-hydrogen) atoms. The molecule has 0 saturated heterocycles. The highest BCUT2D eigenvalue weighted by molar-refractivity contribution is 6.11. The lowest BCUT2D eigenvalue weighted by Crippen LogP contribution is -2.44. The fraction of sp³-hybridized carbons (Fsp3) is 0.458. The van der Waals surface area contributed by atoms with Gasteiger partial charge in [-0.15, -0.1) is 0 Å². The van der Waals surface area contributed by atoms with E-state index in [1.54, 1.807) is 24.3 Å². The molecule has 1 fully saturated rings. The van der Waals surface area contributed by atoms with Crippen molar-refractivity contribution < 1.29 is 20.1 Å². The number of phenols is 1. The minimum absolute atomic E-state index is 0.00129. The van der Waals surface area contributed by atoms with Crippen LogP contribution < -0.4 is 4.90 Å². The molecule has 0 radical (unpaired) electrons. The number of aromatic hydroxyl groups is 1. The average Bonchev–Trinajstić information content (AvgIpc) is 2.73. The molecule has 1 aromatic carbocycles. The predicted molar refractivity (Wildman–Crippen MR) is 119 cm³/mol. The summed E-state index contributed by atoms with van der Waals surface area (Å²) in [6.45, 7) is 11.5. The van der Waals surface area contributed by atoms with Crippen molar-refractivity contribution in [1.82, 2.24) is 4.90 Å². The van der Waals surface area contributed by atoms with Crippen molar-refractivity contribution in [2.75, 3.05) is 31.1 Å². The molecule has 1 aromatic rings. The normalized spacial score (nSPS) is 26.0. The predicted octanol–water partition coefficient (Wildman–Crippen LogP) is 3.28. The number of rotatable bonds is 7. The van der Waals surface area contributed by atoms with Gasteiger partial charge in [-0.3, -0.25) is 9.69 Å². The average molecular weight is 413 g/mol. The lowest BCUT2D eigenvalue weighted by molar-refractivity contribution is -0.125. The Balaban J connectivity index is 1.85. The van der Waals surface area contributed by atoms with Crippen molar-refractivity contribution in [1.29, 1.82) is 0 Å². The van der Waals surface area contributed by atoms with Crippen molar-refractivity contribution in [3.8, 4) is 5.75 Å². The molecule has 0 spiro atoms. The third kappa shape index (κ3) is 3.77. The molecule has 0 amide bonds. The van der Waals surface area contributed by atoms with Crippen molar-refractivity contribution in [3.05, 3.63) is 58.9 Å². The largest absolute Gasteiger partial charge is 0.508 e. The van der Waals surface area contributed by atoms with Gasteiger partial charge in [-0.2, -0.15) is 0 Å². The lowest BCUT2D eigenvalue weighted by Gasteiger charge is -2.37. The van der Waals surface area contributed by atoms with Crippen molar-refractivity contribution in [2.45, 2.75) is 45.8 Å². The molecule has 3 N–H and O–H groups in total. The van der Waals surface area contributed by atoms with Crippen LogP contribution in [0, 0.1) is 0 Å². The van der Waals surface area contributed by atoms with E-state index in [-0.39, 0.29) is 28.9 Å². The number of aliphatic hydroxyl groups excluding tert-OH is 2. The highest BCUT2D eigenvalue weighted by Gasteiger charge is 2.48. The summed E-state index contributed by atoms with van der Waals surface area (Å²) in [6.07, 6.45) is 4.29. The third-order valence-electron chi connectivity index (χ3n) is 6.23. The van der Waals surface area contributed by atoms with E-state index in [4.69, 9.17) is 0 Å². The highest BCUT2D eigenvalue weighted by atomic mass is 16.3. The molecule has 6 heteroatoms. The molecule has 3 unspecified atom stereocenters. The first kappa shape index (κ1) is 22.1. The first-order chi connectivity index (χ1) is 14.4. The fourth-order valence-corrected chi connectivity index (χ4v) is 4.40. The molecule has 1 saturated carbocycles. The summed E-state index contributed by atoms with van der Waals surface area (Å²) in [5.74, 6) is -1.08. The van der Waals surface area contributed by atoms with Crippen LogP contribution in [-0.2, 0) is 4.79 Å². The molecule has 0 bridgehead atoms. The monoisotopic (exact) mass is 412 g/mol. The SMILES string of the molecule is CCN(CC)c1ccc(C2C(=O)C(=C3C=CC(N(CC)CC)C=C3O)C2O)c(O)c1. The van der Waals surface area contributed by atoms with E-state index in [1.165, 1.54) is 0 Å². The topological polar surface area (TPSA) is 84.2 Å². The molecule has 3 atom stereocenters. The summed E-state index contributed by atoms with van der Waals surface area (Å²) in [5, 5.41) is 31.8. The number of hydrogen-bond acceptors (Lipinski definition) is 6. The van der Waals surface area contributed by atoms with Gasteiger partial charge in [0.15, 0.2) is 5.78 Å². The van der Waals surface area contributed by atoms with Gasteiger partial charge in [0.05, 0.1) is 18.1 Å². The highest BCUT2D eigenvalue weighted by Crippen LogP contribution is 2.45. The van der Waals surface area contributed by atoms with E-state index in [2.05, 4.69) is 23.6 Å². The van der Waals surface area contributed by atoms with Crippen molar-refractivity contribution >= 4 is 11.5 Å². The van der Waals surface area contributed by atoms with Crippen molar-refractivity contribution in [2.24, 2.45) is 0 Å². The van der Waals surface area contributed by atoms with Crippen LogP contribution in [0.3, 0.4) is 0 Å². The third-order valence-corrected chi connectivity index (χ3v) is 6.23. The van der Waals surface area contributed by atoms with Gasteiger partial charge < -0.3 is 20.2 Å². The van der Waals surface area contributed by atoms with Gasteiger partial charge >= 0.3 is 0 Å². The summed E-state index contributed by atoms with van der Waals surface area (Å²) in [6, 6.07) is 5.17. The Bertz CT molecular complexity index is 894. The lowest BCUT2D eigenvalue weighted by atomic mass is 9.68. The minimum atomic E-state index is -1.07. The number of anilines is 1. The smallest absolute Gasteiger partial charge is 0.172 e. The van der Waals surface area contributed by atoms with Crippen LogP contribution >= 0.6 is 0 Å². The van der Waals surface area contributed by atoms with Crippen LogP contribution in [-0.4, -0.2) is 64.3 Å². The van der Waals surface area contributed by atoms with E-state index in [9.17, 15) is 20.1 Å². The molecule has 3 rings (SSSR count). The van der Waals surface area contributed by atoms with Gasteiger partial charge in [0, 0.05) is 41.6 Å². The number of allylic oxidation sites excluding steroid dienone is 1. The first-order valence-electron chi connectivity index (χ1n) is 10.7. The van der Waals surface area contributed by atoms with Crippen LogP contribution in [0.25, 0.3) is 0 Å². The Morgan fingerprint density at radius 3 is 2.17 bits per heavy atom. The molecule has 2 aliphatic carbocycles. The summed E-state index contributed by atoms with van der Waals surface area (Å²) in [4.78, 5) is 17.2. The standard InChI is InChI=1S/C24H32N2O4/c1-5-25(6-2)15-9-11-17(19(27)13-15)21-23(29)22(24(21)30)18-12-10-16(14-20(18)28)26(7-3)8-4/h9-15,22-23,27-29H,5-8H2,1-4H3. The molecule has 0 aromatic heterocycles. The number of benzene rings is 1. The Labute approximate surface area is 178 Å². The van der Waals surface area contributed by atoms with E-state index in [0.717, 1.165) is 31.9 Å². The number of hydrogen-bond donors (Lipinski definition) is 3. The summed E-state index contributed by atoms with van der Waals surface area (Å²) in [7, 11) is 0. The number of phenolic OH excluding ortho intramolecular Hbond substituents is 1. The summed E-state index contributed by atoms with van der Waals surface area (Å²) < 4.78 is 0. The molecule has 0 heterocycles. The number of Topliss-reactive ketones (excluding diaryl/α,β-unsaturated/α-hetero) is 1. The second kappa shape index (κ2) is 9.06. The Morgan fingerprint density at radius 2 is 1.67 bits per heavy atom. The number of nitrogens with zero attached hydrogens (tertiary/aromatic N) is 2. The minimum Gasteiger partial charge on any atom is -0.508 e. The van der Waals surface area contributed by atoms with Crippen LogP contribution in [0.2, 0.25) is 0 Å². The Kier molecular flexibility index (Phi) is 6.68. The number of likely N-dealkylation sites (N-methyl/N-ethyl adjacent to an activating group) is 1. The summed E-state index contributed by atoms with van der Waals surface area (Å²) in [5.41, 5.74) is 1.86. The van der Waals surface area contributed by atoms with Gasteiger partial charge in [0.25, 0.3) is 0 Å². The molecular formula is C24H32N2O4. The molecule has 2 aliphatic rings. The summed E-state index contributed by atoms with van der Waals surface area (Å²) >= 11 is 0. The van der Waals surface area contributed by atoms with Crippen LogP contribution in [0.5, 0.6) is 5.75 Å². The molecule has 6 nitrogen and oxygen atoms in total. The fourth-order valence-electron chi connectivity index (χ4n) is 4.40. The molecular weight excluding hydrogens is 380 g/mol. The molecule has 162 valence electrons. The van der Waals surface area contributed by atoms with Gasteiger partial charge in [-0.25, -0.2) is 0 Å². The second-order valence-electron chi connectivity index (χ2n) is 7.65. The van der Waals surface area contributed by atoms with Gasteiger partial charge in [0.1, 0.15) is 11.5 Å². The van der Waals surface area contributed by atoms with Crippen molar-refractivity contribution in [3.63, 3.8) is 0 Å². The Morgan fingerprint density at radius 1 is 1.00 bits per heavy atom. The van der Waals surface area contributed by atoms with E-state index in [1.807, 2.05) is 26.0 Å². The van der Waals surface area contributed by atoms with Gasteiger partial charge in [-0.05, 0) is 39.1 Å². The number of aliphatic hydroxyl groups is 2. The first-order valence-corrected chi connectivity index (χ1v) is 10.7. The van der Waals surface area contributed by atoms with Crippen LogP contribution in [0.1, 0.15) is 39.2 Å². The second-order valence-corrected chi connectivity index (χ2v) is 7.65. The van der Waals surface area contributed by atoms with E-state index in [0.29, 0.717) is 11.1 Å².